The molecule has 0 bridgehead atoms. The molecule has 0 radical (unpaired) electrons. The third kappa shape index (κ3) is 7.47. The molecule has 1 unspecified atom stereocenters. The number of aromatic nitrogens is 5. The van der Waals surface area contributed by atoms with E-state index in [1.54, 1.807) is 42.5 Å². The fourth-order valence-electron chi connectivity index (χ4n) is 5.81. The number of H-pyrrole nitrogens is 1. The van der Waals surface area contributed by atoms with Crippen LogP contribution in [0.5, 0.6) is 0 Å². The van der Waals surface area contributed by atoms with Crippen LogP contribution in [-0.4, -0.2) is 66.1 Å². The van der Waals surface area contributed by atoms with Crippen LogP contribution in [0.15, 0.2) is 61.2 Å². The summed E-state index contributed by atoms with van der Waals surface area (Å²) in [6.45, 7) is 7.04. The monoisotopic (exact) mass is 713 g/mol. The Kier molecular flexibility index (Phi) is 10.0. The van der Waals surface area contributed by atoms with Crippen molar-refractivity contribution in [2.24, 2.45) is 5.41 Å². The highest BCUT2D eigenvalue weighted by Crippen LogP contribution is 2.43. The normalized spacial score (nSPS) is 17.9. The number of ether oxygens (including phenoxy) is 1. The van der Waals surface area contributed by atoms with E-state index in [2.05, 4.69) is 30.9 Å². The Morgan fingerprint density at radius 2 is 1.80 bits per heavy atom. The van der Waals surface area contributed by atoms with E-state index in [4.69, 9.17) is 21.7 Å². The lowest BCUT2D eigenvalue weighted by Crippen LogP contribution is -2.50. The summed E-state index contributed by atoms with van der Waals surface area (Å²) in [7, 11) is 0. The minimum Gasteiger partial charge on any atom is -0.447 e. The summed E-state index contributed by atoms with van der Waals surface area (Å²) in [6, 6.07) is 10.7. The first-order chi connectivity index (χ1) is 23.4. The number of nitrogens with zero attached hydrogens (tertiary/aromatic N) is 5. The van der Waals surface area contributed by atoms with Crippen LogP contribution < -0.4 is 10.6 Å². The Hall–Kier alpha value is -4.92. The van der Waals surface area contributed by atoms with Crippen molar-refractivity contribution in [1.29, 1.82) is 5.41 Å². The molecule has 5 rings (SSSR count). The first-order valence-corrected chi connectivity index (χ1v) is 16.2. The summed E-state index contributed by atoms with van der Waals surface area (Å²) in [5, 5.41) is 25.5. The molecule has 1 aliphatic rings. The maximum Gasteiger partial charge on any atom is 0.407 e. The molecule has 16 heteroatoms. The lowest BCUT2D eigenvalue weighted by atomic mass is 9.75. The van der Waals surface area contributed by atoms with Gasteiger partial charge in [-0.3, -0.25) is 20.2 Å². The summed E-state index contributed by atoms with van der Waals surface area (Å²) >= 11 is 6.51. The number of aromatic amines is 1. The maximum absolute atomic E-state index is 14.9. The molecule has 2 aromatic carbocycles. The molecule has 50 heavy (non-hydrogen) atoms. The molecule has 0 aliphatic carbocycles. The fraction of sp³-hybridized carbons (Fsp3) is 0.412. The largest absolute Gasteiger partial charge is 0.447 e. The van der Waals surface area contributed by atoms with E-state index in [0.29, 0.717) is 43.3 Å². The molecule has 1 aliphatic heterocycles. The predicted octanol–water partition coefficient (Wildman–Crippen LogP) is 6.99. The Balaban J connectivity index is 1.55. The van der Waals surface area contributed by atoms with Crippen LogP contribution in [0.2, 0.25) is 5.02 Å². The molecule has 1 fully saturated rings. The molecular formula is C34H39ClF3N9O3. The second-order valence-corrected chi connectivity index (χ2v) is 14.4. The van der Waals surface area contributed by atoms with Crippen molar-refractivity contribution in [2.75, 3.05) is 6.61 Å². The van der Waals surface area contributed by atoms with Gasteiger partial charge in [-0.25, -0.2) is 18.9 Å². The fourth-order valence-corrected chi connectivity index (χ4v) is 6.02. The Labute approximate surface area is 292 Å². The van der Waals surface area contributed by atoms with Crippen LogP contribution in [-0.2, 0) is 15.1 Å². The molecule has 4 N–H and O–H groups in total. The SMILES string of the molecule is CC(F)C(C)(C)NC(=O)OC[C@H](c1ccc(Cl)c(-c2ncn[nH]2)c1)N1C(=N)N[C@](CC(C)(C)C)(c2ccc(-c3cnn(C(F)F)c3)cc2)C1=O. The van der Waals surface area contributed by atoms with Gasteiger partial charge in [-0.15, -0.1) is 0 Å². The van der Waals surface area contributed by atoms with E-state index in [1.165, 1.54) is 44.4 Å². The Morgan fingerprint density at radius 1 is 1.10 bits per heavy atom. The number of hydrogen-bond acceptors (Lipinski definition) is 7. The average Bonchev–Trinajstić information content (AvgIpc) is 3.79. The molecular weight excluding hydrogens is 675 g/mol. The smallest absolute Gasteiger partial charge is 0.407 e. The number of hydrogen-bond donors (Lipinski definition) is 4. The van der Waals surface area contributed by atoms with E-state index < -0.39 is 53.9 Å². The van der Waals surface area contributed by atoms with Crippen molar-refractivity contribution in [3.63, 3.8) is 0 Å². The molecule has 12 nitrogen and oxygen atoms in total. The van der Waals surface area contributed by atoms with Gasteiger partial charge in [0.05, 0.1) is 22.8 Å². The van der Waals surface area contributed by atoms with Crippen molar-refractivity contribution in [1.82, 2.24) is 40.5 Å². The zero-order chi connectivity index (χ0) is 36.6. The standard InChI is InChI=1S/C34H39ClF3N9O3/c1-19(36)33(5,6)44-31(49)50-16-26(21-9-12-25(35)24(13-21)27-40-18-41-45-27)47-28(48)34(43-30(47)39,17-32(2,3)4)23-10-7-20(8-11-23)22-14-42-46(15-22)29(37)38/h7-15,18-19,26,29H,16-17H2,1-6H3,(H2,39,43)(H,44,49)(H,40,41,45)/t19?,26-,34-/m1/s1. The summed E-state index contributed by atoms with van der Waals surface area (Å²) < 4.78 is 46.7. The van der Waals surface area contributed by atoms with Gasteiger partial charge in [0.25, 0.3) is 5.91 Å². The molecule has 3 atom stereocenters. The number of carbonyl (C=O) groups is 2. The molecule has 0 spiro atoms. The van der Waals surface area contributed by atoms with Crippen LogP contribution in [0.4, 0.5) is 18.0 Å². The number of rotatable bonds is 11. The second kappa shape index (κ2) is 13.8. The number of nitrogens with one attached hydrogen (secondary N) is 4. The Morgan fingerprint density at radius 3 is 2.38 bits per heavy atom. The zero-order valence-electron chi connectivity index (χ0n) is 28.4. The number of carbonyl (C=O) groups excluding carboxylic acids is 2. The van der Waals surface area contributed by atoms with Crippen molar-refractivity contribution in [3.8, 4) is 22.5 Å². The summed E-state index contributed by atoms with van der Waals surface area (Å²) in [6.07, 6.45) is 1.83. The number of amides is 2. The van der Waals surface area contributed by atoms with Crippen LogP contribution >= 0.6 is 11.6 Å². The Bertz CT molecular complexity index is 1860. The van der Waals surface area contributed by atoms with Gasteiger partial charge in [-0.2, -0.15) is 19.0 Å². The molecule has 3 heterocycles. The van der Waals surface area contributed by atoms with Gasteiger partial charge in [0.2, 0.25) is 0 Å². The lowest BCUT2D eigenvalue weighted by molar-refractivity contribution is -0.134. The molecule has 0 saturated carbocycles. The highest BCUT2D eigenvalue weighted by molar-refractivity contribution is 6.33. The van der Waals surface area contributed by atoms with Gasteiger partial charge >= 0.3 is 12.6 Å². The van der Waals surface area contributed by atoms with E-state index in [1.807, 2.05) is 20.8 Å². The summed E-state index contributed by atoms with van der Waals surface area (Å²) in [4.78, 5) is 33.2. The number of benzene rings is 2. The second-order valence-electron chi connectivity index (χ2n) is 14.0. The molecule has 2 aromatic heterocycles. The molecule has 2 amide bonds. The highest BCUT2D eigenvalue weighted by Gasteiger charge is 2.54. The summed E-state index contributed by atoms with van der Waals surface area (Å²) in [5.74, 6) is -0.377. The topological polar surface area (TPSA) is 154 Å². The quantitative estimate of drug-likeness (QED) is 0.131. The first kappa shape index (κ1) is 36.4. The third-order valence-electron chi connectivity index (χ3n) is 8.61. The van der Waals surface area contributed by atoms with E-state index in [-0.39, 0.29) is 12.4 Å². The van der Waals surface area contributed by atoms with Crippen molar-refractivity contribution < 1.29 is 27.5 Å². The molecule has 266 valence electrons. The minimum absolute atomic E-state index is 0.246. The van der Waals surface area contributed by atoms with Crippen LogP contribution in [0.3, 0.4) is 0 Å². The number of alkyl carbamates (subject to hydrolysis) is 1. The van der Waals surface area contributed by atoms with Crippen LogP contribution in [0.25, 0.3) is 22.5 Å². The highest BCUT2D eigenvalue weighted by atomic mass is 35.5. The van der Waals surface area contributed by atoms with Crippen molar-refractivity contribution in [2.45, 2.75) is 77.8 Å². The van der Waals surface area contributed by atoms with Crippen molar-refractivity contribution >= 4 is 29.6 Å². The first-order valence-electron chi connectivity index (χ1n) is 15.8. The van der Waals surface area contributed by atoms with Gasteiger partial charge < -0.3 is 15.4 Å². The molecule has 1 saturated heterocycles. The van der Waals surface area contributed by atoms with Crippen LogP contribution in [0.1, 0.15) is 71.7 Å². The van der Waals surface area contributed by atoms with Gasteiger partial charge in [0.15, 0.2) is 11.8 Å². The van der Waals surface area contributed by atoms with E-state index in [0.717, 1.165) is 0 Å². The average molecular weight is 714 g/mol. The van der Waals surface area contributed by atoms with E-state index in [9.17, 15) is 22.8 Å². The number of guanidine groups is 1. The lowest BCUT2D eigenvalue weighted by Gasteiger charge is -2.35. The van der Waals surface area contributed by atoms with E-state index >= 15 is 0 Å². The predicted molar refractivity (Wildman–Crippen MR) is 181 cm³/mol. The zero-order valence-corrected chi connectivity index (χ0v) is 29.1. The maximum atomic E-state index is 14.9. The van der Waals surface area contributed by atoms with Gasteiger partial charge in [-0.1, -0.05) is 62.7 Å². The number of alkyl halides is 3. The third-order valence-corrected chi connectivity index (χ3v) is 8.94. The van der Waals surface area contributed by atoms with Gasteiger partial charge in [0, 0.05) is 17.3 Å². The van der Waals surface area contributed by atoms with Gasteiger partial charge in [-0.05, 0) is 61.4 Å². The number of halogens is 4. The van der Waals surface area contributed by atoms with Gasteiger partial charge in [0.1, 0.15) is 24.6 Å². The minimum atomic E-state index is -2.79. The summed E-state index contributed by atoms with van der Waals surface area (Å²) in [5.41, 5.74) is -0.587. The van der Waals surface area contributed by atoms with Crippen LogP contribution in [0, 0.1) is 10.8 Å². The molecule has 4 aromatic rings. The van der Waals surface area contributed by atoms with Crippen molar-refractivity contribution in [3.05, 3.63) is 77.3 Å².